The molecule has 0 unspecified atom stereocenters. The third kappa shape index (κ3) is 4.52. The van der Waals surface area contributed by atoms with Crippen LogP contribution in [0.5, 0.6) is 0 Å². The van der Waals surface area contributed by atoms with Gasteiger partial charge in [-0.3, -0.25) is 9.88 Å². The lowest BCUT2D eigenvalue weighted by atomic mass is 9.72. The first-order chi connectivity index (χ1) is 13.8. The summed E-state index contributed by atoms with van der Waals surface area (Å²) in [5.74, 6) is 0.217. The van der Waals surface area contributed by atoms with E-state index in [0.29, 0.717) is 5.56 Å². The van der Waals surface area contributed by atoms with Crippen LogP contribution in [0.3, 0.4) is 0 Å². The van der Waals surface area contributed by atoms with E-state index in [2.05, 4.69) is 49.7 Å². The largest absolute Gasteiger partial charge is 0.392 e. The van der Waals surface area contributed by atoms with E-state index in [0.717, 1.165) is 38.0 Å². The van der Waals surface area contributed by atoms with Crippen molar-refractivity contribution in [2.24, 2.45) is 11.3 Å². The van der Waals surface area contributed by atoms with Crippen LogP contribution in [-0.4, -0.2) is 34.2 Å². The van der Waals surface area contributed by atoms with Crippen molar-refractivity contribution in [1.82, 2.24) is 9.88 Å². The Morgan fingerprint density at radius 3 is 2.52 bits per heavy atom. The first kappa shape index (κ1) is 21.5. The molecule has 1 aliphatic rings. The van der Waals surface area contributed by atoms with Crippen LogP contribution in [-0.2, 0) is 12.0 Å². The SMILES string of the molecule is CC(C)[C@@H](O)[C@]1(CCc2ccc(C#N)cc2)CCN(C(C)(C)c2ccccn2)C1. The first-order valence-corrected chi connectivity index (χ1v) is 10.6. The Balaban J connectivity index is 1.80. The molecule has 0 saturated carbocycles. The molecule has 0 spiro atoms. The summed E-state index contributed by atoms with van der Waals surface area (Å²) in [6.07, 6.45) is 4.35. The minimum atomic E-state index is -0.342. The molecule has 1 saturated heterocycles. The summed E-state index contributed by atoms with van der Waals surface area (Å²) in [6, 6.07) is 16.1. The monoisotopic (exact) mass is 391 g/mol. The lowest BCUT2D eigenvalue weighted by Crippen LogP contribution is -2.46. The number of aryl methyl sites for hydroxylation is 1. The normalized spacial score (nSPS) is 21.3. The molecule has 0 radical (unpaired) electrons. The Bertz CT molecular complexity index is 839. The standard InChI is InChI=1S/C25H33N3O/c1-19(2)23(29)25(13-12-20-8-10-21(17-26)11-9-20)14-16-28(18-25)24(3,4)22-7-5-6-15-27-22/h5-11,15,19,23,29H,12-14,16,18H2,1-4H3/t23-,25-/m1/s1. The second kappa shape index (κ2) is 8.65. The Hall–Kier alpha value is -2.22. The van der Waals surface area contributed by atoms with Crippen LogP contribution < -0.4 is 0 Å². The maximum absolute atomic E-state index is 11.2. The maximum atomic E-state index is 11.2. The van der Waals surface area contributed by atoms with Crippen molar-refractivity contribution in [2.75, 3.05) is 13.1 Å². The minimum absolute atomic E-state index is 0.131. The number of rotatable bonds is 7. The fraction of sp³-hybridized carbons (Fsp3) is 0.520. The molecule has 3 rings (SSSR count). The number of aromatic nitrogens is 1. The number of hydrogen-bond acceptors (Lipinski definition) is 4. The highest BCUT2D eigenvalue weighted by Gasteiger charge is 2.48. The fourth-order valence-electron chi connectivity index (χ4n) is 4.70. The van der Waals surface area contributed by atoms with Crippen LogP contribution in [0.15, 0.2) is 48.7 Å². The molecule has 4 nitrogen and oxygen atoms in total. The highest BCUT2D eigenvalue weighted by atomic mass is 16.3. The van der Waals surface area contributed by atoms with Crippen molar-refractivity contribution in [2.45, 2.75) is 58.6 Å². The van der Waals surface area contributed by atoms with E-state index < -0.39 is 0 Å². The van der Waals surface area contributed by atoms with E-state index >= 15 is 0 Å². The highest BCUT2D eigenvalue weighted by molar-refractivity contribution is 5.31. The number of nitrogens with zero attached hydrogens (tertiary/aromatic N) is 3. The molecule has 1 aromatic heterocycles. The summed E-state index contributed by atoms with van der Waals surface area (Å²) in [7, 11) is 0. The molecule has 29 heavy (non-hydrogen) atoms. The lowest BCUT2D eigenvalue weighted by Gasteiger charge is -2.40. The quantitative estimate of drug-likeness (QED) is 0.753. The molecule has 1 aliphatic heterocycles. The van der Waals surface area contributed by atoms with Crippen LogP contribution in [0.2, 0.25) is 0 Å². The van der Waals surface area contributed by atoms with Gasteiger partial charge in [0.1, 0.15) is 0 Å². The molecule has 0 aliphatic carbocycles. The van der Waals surface area contributed by atoms with Gasteiger partial charge in [0.2, 0.25) is 0 Å². The molecule has 154 valence electrons. The van der Waals surface area contributed by atoms with Crippen molar-refractivity contribution < 1.29 is 5.11 Å². The topological polar surface area (TPSA) is 60.1 Å². The van der Waals surface area contributed by atoms with Gasteiger partial charge in [-0.15, -0.1) is 0 Å². The van der Waals surface area contributed by atoms with Crippen molar-refractivity contribution in [3.63, 3.8) is 0 Å². The molecule has 2 atom stereocenters. The third-order valence-electron chi connectivity index (χ3n) is 6.72. The van der Waals surface area contributed by atoms with E-state index in [9.17, 15) is 5.11 Å². The first-order valence-electron chi connectivity index (χ1n) is 10.6. The number of pyridine rings is 1. The number of hydrogen-bond donors (Lipinski definition) is 1. The van der Waals surface area contributed by atoms with Gasteiger partial charge in [0.05, 0.1) is 29.0 Å². The molecule has 0 bridgehead atoms. The second-order valence-electron chi connectivity index (χ2n) is 9.31. The predicted octanol–water partition coefficient (Wildman–Crippen LogP) is 4.53. The van der Waals surface area contributed by atoms with Crippen molar-refractivity contribution in [3.8, 4) is 6.07 Å². The molecule has 1 N–H and O–H groups in total. The molecule has 0 amide bonds. The molecular formula is C25H33N3O. The zero-order chi connectivity index (χ0) is 21.1. The zero-order valence-electron chi connectivity index (χ0n) is 18.1. The number of likely N-dealkylation sites (tertiary alicyclic amines) is 1. The number of benzene rings is 1. The fourth-order valence-corrected chi connectivity index (χ4v) is 4.70. The summed E-state index contributed by atoms with van der Waals surface area (Å²) < 4.78 is 0. The van der Waals surface area contributed by atoms with Crippen molar-refractivity contribution >= 4 is 0 Å². The number of aliphatic hydroxyl groups is 1. The van der Waals surface area contributed by atoms with Gasteiger partial charge in [-0.1, -0.05) is 32.0 Å². The van der Waals surface area contributed by atoms with Crippen molar-refractivity contribution in [1.29, 1.82) is 5.26 Å². The third-order valence-corrected chi connectivity index (χ3v) is 6.72. The van der Waals surface area contributed by atoms with Crippen LogP contribution in [0, 0.1) is 22.7 Å². The molecule has 4 heteroatoms. The number of nitriles is 1. The van der Waals surface area contributed by atoms with Crippen molar-refractivity contribution in [3.05, 3.63) is 65.5 Å². The Morgan fingerprint density at radius 2 is 1.93 bits per heavy atom. The van der Waals surface area contributed by atoms with Gasteiger partial charge in [0.25, 0.3) is 0 Å². The Labute approximate surface area is 175 Å². The average Bonchev–Trinajstić information content (AvgIpc) is 3.19. The molecule has 2 aromatic rings. The predicted molar refractivity (Wildman–Crippen MR) is 116 cm³/mol. The Morgan fingerprint density at radius 1 is 1.21 bits per heavy atom. The zero-order valence-corrected chi connectivity index (χ0v) is 18.1. The summed E-state index contributed by atoms with van der Waals surface area (Å²) in [5.41, 5.74) is 2.68. The van der Waals surface area contributed by atoms with Crippen LogP contribution in [0.1, 0.15) is 57.4 Å². The maximum Gasteiger partial charge on any atom is 0.0991 e. The lowest BCUT2D eigenvalue weighted by molar-refractivity contribution is -0.0164. The van der Waals surface area contributed by atoms with Gasteiger partial charge in [0, 0.05) is 18.2 Å². The van der Waals surface area contributed by atoms with Gasteiger partial charge in [0.15, 0.2) is 0 Å². The van der Waals surface area contributed by atoms with Gasteiger partial charge in [-0.05, 0) is 75.4 Å². The van der Waals surface area contributed by atoms with E-state index in [4.69, 9.17) is 5.26 Å². The smallest absolute Gasteiger partial charge is 0.0991 e. The summed E-state index contributed by atoms with van der Waals surface area (Å²) >= 11 is 0. The minimum Gasteiger partial charge on any atom is -0.392 e. The average molecular weight is 392 g/mol. The second-order valence-corrected chi connectivity index (χ2v) is 9.31. The van der Waals surface area contributed by atoms with Gasteiger partial charge >= 0.3 is 0 Å². The Kier molecular flexibility index (Phi) is 6.41. The van der Waals surface area contributed by atoms with Crippen LogP contribution in [0.4, 0.5) is 0 Å². The van der Waals surface area contributed by atoms with E-state index in [1.807, 2.05) is 42.6 Å². The highest BCUT2D eigenvalue weighted by Crippen LogP contribution is 2.45. The summed E-state index contributed by atoms with van der Waals surface area (Å²) in [4.78, 5) is 7.09. The van der Waals surface area contributed by atoms with E-state index in [-0.39, 0.29) is 23.0 Å². The van der Waals surface area contributed by atoms with Gasteiger partial charge in [-0.25, -0.2) is 0 Å². The van der Waals surface area contributed by atoms with Crippen LogP contribution >= 0.6 is 0 Å². The molecule has 2 heterocycles. The van der Waals surface area contributed by atoms with E-state index in [1.54, 1.807) is 0 Å². The molecule has 1 aromatic carbocycles. The van der Waals surface area contributed by atoms with Crippen LogP contribution in [0.25, 0.3) is 0 Å². The summed E-state index contributed by atoms with van der Waals surface area (Å²) in [6.45, 7) is 10.5. The van der Waals surface area contributed by atoms with E-state index in [1.165, 1.54) is 5.56 Å². The molecule has 1 fully saturated rings. The number of aliphatic hydroxyl groups excluding tert-OH is 1. The summed E-state index contributed by atoms with van der Waals surface area (Å²) in [5, 5.41) is 20.2. The van der Waals surface area contributed by atoms with Gasteiger partial charge in [-0.2, -0.15) is 5.26 Å². The van der Waals surface area contributed by atoms with Gasteiger partial charge < -0.3 is 5.11 Å². The molecular weight excluding hydrogens is 358 g/mol.